The number of ketones is 1. The quantitative estimate of drug-likeness (QED) is 0.758. The van der Waals surface area contributed by atoms with Gasteiger partial charge in [0, 0.05) is 11.8 Å². The number of rotatable bonds is 3. The normalized spacial score (nSPS) is 35.2. The van der Waals surface area contributed by atoms with Crippen LogP contribution in [0.1, 0.15) is 56.1 Å². The Hall–Kier alpha value is -1.57. The molecule has 122 valence electrons. The molecule has 0 amide bonds. The van der Waals surface area contributed by atoms with Crippen LogP contribution >= 0.6 is 0 Å². The molecule has 2 heteroatoms. The van der Waals surface area contributed by atoms with Crippen molar-refractivity contribution in [3.8, 4) is 5.75 Å². The Morgan fingerprint density at radius 2 is 2.17 bits per heavy atom. The van der Waals surface area contributed by atoms with Crippen LogP contribution in [0.5, 0.6) is 5.75 Å². The summed E-state index contributed by atoms with van der Waals surface area (Å²) in [6.07, 6.45) is 8.32. The highest BCUT2D eigenvalue weighted by Crippen LogP contribution is 2.59. The molecule has 3 aliphatic carbocycles. The molecular weight excluding hydrogens is 284 g/mol. The number of carbonyl (C=O) groups excluding carboxylic acids is 1. The number of Topliss-reactive ketones (excluding diaryl/α,β-unsaturated/α-hetero) is 1. The van der Waals surface area contributed by atoms with Crippen molar-refractivity contribution in [3.63, 3.8) is 0 Å². The first-order chi connectivity index (χ1) is 11.1. The minimum Gasteiger partial charge on any atom is -0.490 e. The average Bonchev–Trinajstić information content (AvgIpc) is 2.88. The first-order valence-corrected chi connectivity index (χ1v) is 9.03. The lowest BCUT2D eigenvalue weighted by Gasteiger charge is -2.48. The molecule has 2 nitrogen and oxygen atoms in total. The Balaban J connectivity index is 1.62. The number of benzene rings is 1. The average molecular weight is 310 g/mol. The van der Waals surface area contributed by atoms with Gasteiger partial charge >= 0.3 is 0 Å². The monoisotopic (exact) mass is 310 g/mol. The minimum atomic E-state index is -0.0221. The smallest absolute Gasteiger partial charge is 0.139 e. The van der Waals surface area contributed by atoms with Crippen LogP contribution in [-0.2, 0) is 11.2 Å². The van der Waals surface area contributed by atoms with E-state index in [0.29, 0.717) is 30.1 Å². The van der Waals surface area contributed by atoms with Crippen LogP contribution < -0.4 is 4.74 Å². The van der Waals surface area contributed by atoms with Crippen molar-refractivity contribution in [2.45, 2.75) is 51.4 Å². The zero-order valence-corrected chi connectivity index (χ0v) is 14.0. The lowest BCUT2D eigenvalue weighted by atomic mass is 9.55. The fourth-order valence-electron chi connectivity index (χ4n) is 5.57. The number of hydrogen-bond acceptors (Lipinski definition) is 2. The summed E-state index contributed by atoms with van der Waals surface area (Å²) >= 11 is 0. The predicted octanol–water partition coefficient (Wildman–Crippen LogP) is 4.68. The Kier molecular flexibility index (Phi) is 3.59. The minimum absolute atomic E-state index is 0.0221. The lowest BCUT2D eigenvalue weighted by Crippen LogP contribution is -2.42. The molecule has 0 unspecified atom stereocenters. The number of fused-ring (bicyclic) bond motifs is 5. The van der Waals surface area contributed by atoms with E-state index >= 15 is 0 Å². The molecule has 0 aliphatic heterocycles. The highest BCUT2D eigenvalue weighted by molar-refractivity contribution is 5.87. The van der Waals surface area contributed by atoms with Crippen LogP contribution in [0.3, 0.4) is 0 Å². The van der Waals surface area contributed by atoms with Crippen molar-refractivity contribution in [1.82, 2.24) is 0 Å². The maximum absolute atomic E-state index is 12.4. The summed E-state index contributed by atoms with van der Waals surface area (Å²) in [5, 5.41) is 0. The molecule has 2 saturated carbocycles. The number of hydrogen-bond donors (Lipinski definition) is 0. The summed E-state index contributed by atoms with van der Waals surface area (Å²) < 4.78 is 5.69. The van der Waals surface area contributed by atoms with Crippen LogP contribution in [0.15, 0.2) is 30.9 Å². The second kappa shape index (κ2) is 5.51. The Bertz CT molecular complexity index is 647. The molecule has 1 aromatic carbocycles. The van der Waals surface area contributed by atoms with Gasteiger partial charge in [0.1, 0.15) is 18.1 Å². The summed E-state index contributed by atoms with van der Waals surface area (Å²) in [6.45, 7) is 6.51. The number of aryl methyl sites for hydroxylation is 1. The lowest BCUT2D eigenvalue weighted by molar-refractivity contribution is -0.129. The summed E-state index contributed by atoms with van der Waals surface area (Å²) in [4.78, 5) is 12.4. The van der Waals surface area contributed by atoms with Crippen LogP contribution in [0, 0.1) is 17.3 Å². The van der Waals surface area contributed by atoms with E-state index in [4.69, 9.17) is 4.74 Å². The summed E-state index contributed by atoms with van der Waals surface area (Å²) in [7, 11) is 0. The molecule has 0 aromatic heterocycles. The fraction of sp³-hybridized carbons (Fsp3) is 0.571. The van der Waals surface area contributed by atoms with Gasteiger partial charge in [0.2, 0.25) is 0 Å². The maximum Gasteiger partial charge on any atom is 0.139 e. The van der Waals surface area contributed by atoms with Gasteiger partial charge in [-0.05, 0) is 73.1 Å². The van der Waals surface area contributed by atoms with E-state index in [1.165, 1.54) is 24.0 Å². The van der Waals surface area contributed by atoms with Crippen molar-refractivity contribution >= 4 is 5.78 Å². The predicted molar refractivity (Wildman–Crippen MR) is 91.8 cm³/mol. The van der Waals surface area contributed by atoms with Gasteiger partial charge < -0.3 is 4.74 Å². The van der Waals surface area contributed by atoms with Gasteiger partial charge in [-0.1, -0.05) is 25.6 Å². The van der Waals surface area contributed by atoms with Crippen LogP contribution in [-0.4, -0.2) is 12.4 Å². The van der Waals surface area contributed by atoms with E-state index in [9.17, 15) is 4.79 Å². The van der Waals surface area contributed by atoms with Gasteiger partial charge in [-0.3, -0.25) is 4.79 Å². The highest BCUT2D eigenvalue weighted by Gasteiger charge is 2.54. The van der Waals surface area contributed by atoms with Crippen LogP contribution in [0.4, 0.5) is 0 Å². The third-order valence-corrected chi connectivity index (χ3v) is 6.77. The van der Waals surface area contributed by atoms with E-state index < -0.39 is 0 Å². The van der Waals surface area contributed by atoms with E-state index in [0.717, 1.165) is 31.4 Å². The molecule has 0 radical (unpaired) electrons. The van der Waals surface area contributed by atoms with Crippen molar-refractivity contribution < 1.29 is 9.53 Å². The van der Waals surface area contributed by atoms with Gasteiger partial charge in [0.15, 0.2) is 0 Å². The molecule has 0 heterocycles. The molecule has 2 fully saturated rings. The van der Waals surface area contributed by atoms with E-state index in [-0.39, 0.29) is 5.41 Å². The van der Waals surface area contributed by atoms with Crippen molar-refractivity contribution in [3.05, 3.63) is 42.0 Å². The van der Waals surface area contributed by atoms with E-state index in [1.807, 2.05) is 0 Å². The fourth-order valence-corrected chi connectivity index (χ4v) is 5.57. The summed E-state index contributed by atoms with van der Waals surface area (Å²) in [6, 6.07) is 6.62. The van der Waals surface area contributed by atoms with E-state index in [1.54, 1.807) is 6.08 Å². The first kappa shape index (κ1) is 15.0. The molecular formula is C21H26O2. The molecule has 0 saturated heterocycles. The standard InChI is InChI=1S/C21H26O2/c1-3-12-23-15-5-7-16-14(13-15)4-6-18-17(16)10-11-21(2)19(18)8-9-20(21)22/h3,5,7,13,17-19H,1,4,6,8-12H2,2H3/t17-,18-,19-,21+/m1/s1. The van der Waals surface area contributed by atoms with Crippen molar-refractivity contribution in [1.29, 1.82) is 0 Å². The zero-order chi connectivity index (χ0) is 16.0. The molecule has 0 N–H and O–H groups in total. The molecule has 4 rings (SSSR count). The SMILES string of the molecule is C=CCOc1ccc2c(c1)CC[C@@H]1[C@@H]2CC[C@]2(C)C(=O)CC[C@H]12. The van der Waals surface area contributed by atoms with Crippen molar-refractivity contribution in [2.75, 3.05) is 6.61 Å². The van der Waals surface area contributed by atoms with Gasteiger partial charge in [-0.15, -0.1) is 0 Å². The molecule has 1 aromatic rings. The maximum atomic E-state index is 12.4. The molecule has 3 aliphatic rings. The van der Waals surface area contributed by atoms with Crippen LogP contribution in [0.2, 0.25) is 0 Å². The van der Waals surface area contributed by atoms with Crippen molar-refractivity contribution in [2.24, 2.45) is 17.3 Å². The van der Waals surface area contributed by atoms with Gasteiger partial charge in [-0.25, -0.2) is 0 Å². The zero-order valence-electron chi connectivity index (χ0n) is 14.0. The highest BCUT2D eigenvalue weighted by atomic mass is 16.5. The summed E-state index contributed by atoms with van der Waals surface area (Å²) in [5.41, 5.74) is 2.96. The van der Waals surface area contributed by atoms with E-state index in [2.05, 4.69) is 31.7 Å². The Morgan fingerprint density at radius 3 is 3.00 bits per heavy atom. The number of ether oxygens (including phenoxy) is 1. The molecule has 0 spiro atoms. The number of carbonyl (C=O) groups is 1. The third kappa shape index (κ3) is 2.26. The van der Waals surface area contributed by atoms with Gasteiger partial charge in [0.25, 0.3) is 0 Å². The summed E-state index contributed by atoms with van der Waals surface area (Å²) in [5.74, 6) is 3.45. The Labute approximate surface area is 138 Å². The first-order valence-electron chi connectivity index (χ1n) is 9.03. The third-order valence-electron chi connectivity index (χ3n) is 6.77. The van der Waals surface area contributed by atoms with Crippen LogP contribution in [0.25, 0.3) is 0 Å². The largest absolute Gasteiger partial charge is 0.490 e. The van der Waals surface area contributed by atoms with Gasteiger partial charge in [0.05, 0.1) is 0 Å². The second-order valence-corrected chi connectivity index (χ2v) is 7.79. The Morgan fingerprint density at radius 1 is 1.30 bits per heavy atom. The topological polar surface area (TPSA) is 26.3 Å². The molecule has 23 heavy (non-hydrogen) atoms. The molecule has 4 atom stereocenters. The van der Waals surface area contributed by atoms with Gasteiger partial charge in [-0.2, -0.15) is 0 Å². The second-order valence-electron chi connectivity index (χ2n) is 7.79. The molecule has 0 bridgehead atoms.